The number of thiophene rings is 1. The third kappa shape index (κ3) is 5.23. The molecule has 0 amide bonds. The number of carboxylic acid groups (broad SMARTS) is 1. The Kier molecular flexibility index (Phi) is 8.38. The van der Waals surface area contributed by atoms with Crippen molar-refractivity contribution in [2.24, 2.45) is 0 Å². The number of allylic oxidation sites excluding steroid dienone is 5. The SMILES string of the molecule is CCCC[N+]1=C(/C=C2/C(=O)C(/C=C3/N(CC)c4ccccc4C3(C)C)=C2[O-])C(C)(C)c2cc(-c3ccc(/C=C(/C#N)C(=O)O)s3)ccc21. The standard InChI is InChI=1S/C40H39N3O4S/c1-7-9-18-43-32-16-14-24(33-17-15-26(48-33)19-25(23-41)38(46)47)20-30(32)40(5,6)35(43)22-28-36(44)27(37(28)45)21-34-39(3,4)29-12-10-11-13-31(29)42(34)8-2/h10-17,19-22H,7-9,18H2,1-6H3,(H-,44,45,46,47)/b25-19-. The van der Waals surface area contributed by atoms with Crippen molar-refractivity contribution in [3.8, 4) is 16.5 Å². The van der Waals surface area contributed by atoms with Crippen LogP contribution in [0, 0.1) is 11.3 Å². The van der Waals surface area contributed by atoms with Gasteiger partial charge in [0.1, 0.15) is 18.2 Å². The summed E-state index contributed by atoms with van der Waals surface area (Å²) in [4.78, 5) is 28.9. The smallest absolute Gasteiger partial charge is 0.346 e. The van der Waals surface area contributed by atoms with Crippen molar-refractivity contribution < 1.29 is 24.4 Å². The minimum Gasteiger partial charge on any atom is -0.871 e. The molecule has 8 heteroatoms. The summed E-state index contributed by atoms with van der Waals surface area (Å²) in [5.74, 6) is -1.69. The Morgan fingerprint density at radius 2 is 1.79 bits per heavy atom. The van der Waals surface area contributed by atoms with Crippen molar-refractivity contribution in [2.75, 3.05) is 18.0 Å². The van der Waals surface area contributed by atoms with E-state index in [1.54, 1.807) is 6.07 Å². The molecule has 3 aromatic rings. The summed E-state index contributed by atoms with van der Waals surface area (Å²) >= 11 is 1.42. The molecule has 6 rings (SSSR count). The van der Waals surface area contributed by atoms with E-state index in [0.29, 0.717) is 4.88 Å². The predicted molar refractivity (Wildman–Crippen MR) is 189 cm³/mol. The van der Waals surface area contributed by atoms with Crippen molar-refractivity contribution in [1.82, 2.24) is 0 Å². The molecule has 0 radical (unpaired) electrons. The number of rotatable bonds is 9. The van der Waals surface area contributed by atoms with Gasteiger partial charge in [-0.3, -0.25) is 4.79 Å². The number of likely N-dealkylation sites (N-methyl/N-ethyl adjacent to an activating group) is 1. The molecule has 0 saturated carbocycles. The topological polar surface area (TPSA) is 107 Å². The van der Waals surface area contributed by atoms with E-state index < -0.39 is 11.4 Å². The fourth-order valence-electron chi connectivity index (χ4n) is 7.13. The van der Waals surface area contributed by atoms with Crippen LogP contribution in [0.3, 0.4) is 0 Å². The molecule has 3 aliphatic rings. The lowest BCUT2D eigenvalue weighted by atomic mass is 9.77. The number of carbonyl (C=O) groups excluding carboxylic acids is 1. The zero-order valence-corrected chi connectivity index (χ0v) is 29.0. The lowest BCUT2D eigenvalue weighted by molar-refractivity contribution is -0.438. The summed E-state index contributed by atoms with van der Waals surface area (Å²) in [5.41, 5.74) is 6.59. The number of nitrogens with zero attached hydrogens (tertiary/aromatic N) is 3. The van der Waals surface area contributed by atoms with Crippen molar-refractivity contribution in [2.45, 2.75) is 65.2 Å². The fourth-order valence-corrected chi connectivity index (χ4v) is 8.07. The van der Waals surface area contributed by atoms with Gasteiger partial charge in [0, 0.05) is 68.4 Å². The second-order valence-electron chi connectivity index (χ2n) is 13.5. The van der Waals surface area contributed by atoms with E-state index in [2.05, 4.69) is 75.3 Å². The van der Waals surface area contributed by atoms with Gasteiger partial charge in [0.15, 0.2) is 11.5 Å². The van der Waals surface area contributed by atoms with Crippen LogP contribution >= 0.6 is 11.3 Å². The lowest BCUT2D eigenvalue weighted by Gasteiger charge is -2.32. The third-order valence-corrected chi connectivity index (χ3v) is 10.9. The van der Waals surface area contributed by atoms with E-state index in [1.807, 2.05) is 42.5 Å². The van der Waals surface area contributed by atoms with Gasteiger partial charge in [0.05, 0.1) is 5.41 Å². The molecule has 0 fully saturated rings. The van der Waals surface area contributed by atoms with Crippen LogP contribution in [-0.2, 0) is 20.4 Å². The van der Waals surface area contributed by atoms with Crippen LogP contribution in [0.15, 0.2) is 94.9 Å². The zero-order valence-electron chi connectivity index (χ0n) is 28.2. The van der Waals surface area contributed by atoms with Crippen molar-refractivity contribution in [3.63, 3.8) is 0 Å². The largest absolute Gasteiger partial charge is 0.871 e. The number of hydrogen-bond donors (Lipinski definition) is 1. The summed E-state index contributed by atoms with van der Waals surface area (Å²) < 4.78 is 2.25. The average molecular weight is 658 g/mol. The Hall–Kier alpha value is -5.00. The average Bonchev–Trinajstić information content (AvgIpc) is 3.69. The maximum Gasteiger partial charge on any atom is 0.346 e. The van der Waals surface area contributed by atoms with E-state index in [-0.39, 0.29) is 33.7 Å². The van der Waals surface area contributed by atoms with Crippen molar-refractivity contribution >= 4 is 46.3 Å². The first-order valence-electron chi connectivity index (χ1n) is 16.4. The number of ketones is 1. The van der Waals surface area contributed by atoms with Gasteiger partial charge in [-0.2, -0.15) is 9.84 Å². The number of nitriles is 1. The highest BCUT2D eigenvalue weighted by Gasteiger charge is 2.46. The van der Waals surface area contributed by atoms with Gasteiger partial charge >= 0.3 is 5.97 Å². The number of aliphatic carboxylic acids is 1. The van der Waals surface area contributed by atoms with Crippen molar-refractivity contribution in [3.05, 3.63) is 111 Å². The first kappa shape index (κ1) is 32.9. The Morgan fingerprint density at radius 3 is 2.46 bits per heavy atom. The number of para-hydroxylation sites is 1. The molecule has 0 bridgehead atoms. The molecule has 1 aromatic heterocycles. The molecule has 2 aromatic carbocycles. The van der Waals surface area contributed by atoms with Crippen molar-refractivity contribution in [1.29, 1.82) is 5.26 Å². The third-order valence-electron chi connectivity index (χ3n) is 9.83. The summed E-state index contributed by atoms with van der Waals surface area (Å²) in [7, 11) is 0. The second kappa shape index (κ2) is 12.2. The Morgan fingerprint density at radius 1 is 1.04 bits per heavy atom. The molecule has 3 heterocycles. The molecule has 48 heavy (non-hydrogen) atoms. The predicted octanol–water partition coefficient (Wildman–Crippen LogP) is 7.41. The van der Waals surface area contributed by atoms with E-state index in [9.17, 15) is 25.1 Å². The number of benzene rings is 2. The summed E-state index contributed by atoms with van der Waals surface area (Å²) in [6.07, 6.45) is 6.96. The zero-order chi connectivity index (χ0) is 34.5. The number of hydrogen-bond acceptors (Lipinski definition) is 6. The van der Waals surface area contributed by atoms with Crippen LogP contribution in [-0.4, -0.2) is 40.2 Å². The van der Waals surface area contributed by atoms with E-state index in [4.69, 9.17) is 0 Å². The lowest BCUT2D eigenvalue weighted by Crippen LogP contribution is -2.35. The number of carboxylic acids is 1. The van der Waals surface area contributed by atoms with Gasteiger partial charge in [-0.25, -0.2) is 4.79 Å². The van der Waals surface area contributed by atoms with Crippen LogP contribution < -0.4 is 10.0 Å². The summed E-state index contributed by atoms with van der Waals surface area (Å²) in [5, 5.41) is 32.2. The van der Waals surface area contributed by atoms with Gasteiger partial charge < -0.3 is 15.1 Å². The first-order chi connectivity index (χ1) is 22.8. The highest BCUT2D eigenvalue weighted by molar-refractivity contribution is 7.16. The van der Waals surface area contributed by atoms with E-state index >= 15 is 0 Å². The molecule has 244 valence electrons. The molecule has 1 aliphatic carbocycles. The molecule has 7 nitrogen and oxygen atoms in total. The van der Waals surface area contributed by atoms with Crippen LogP contribution in [0.2, 0.25) is 0 Å². The number of Topliss-reactive ketones (excluding diaryl/α,β-unsaturated/α-hetero) is 1. The van der Waals surface area contributed by atoms with Crippen LogP contribution in [0.5, 0.6) is 0 Å². The Labute approximate surface area is 285 Å². The maximum atomic E-state index is 13.7. The Bertz CT molecular complexity index is 2080. The molecular weight excluding hydrogens is 619 g/mol. The second-order valence-corrected chi connectivity index (χ2v) is 14.6. The van der Waals surface area contributed by atoms with Gasteiger partial charge in [0.2, 0.25) is 5.69 Å². The van der Waals surface area contributed by atoms with Gasteiger partial charge in [-0.05, 0) is 74.4 Å². The first-order valence-corrected chi connectivity index (χ1v) is 17.2. The summed E-state index contributed by atoms with van der Waals surface area (Å²) in [6, 6.07) is 20.0. The molecule has 0 saturated heterocycles. The number of fused-ring (bicyclic) bond motifs is 2. The molecule has 0 atom stereocenters. The highest BCUT2D eigenvalue weighted by atomic mass is 32.1. The highest BCUT2D eigenvalue weighted by Crippen LogP contribution is 2.49. The van der Waals surface area contributed by atoms with E-state index in [0.717, 1.165) is 64.7 Å². The minimum absolute atomic E-state index is 0.219. The number of carbonyl (C=O) groups is 2. The van der Waals surface area contributed by atoms with Crippen LogP contribution in [0.4, 0.5) is 11.4 Å². The maximum absolute atomic E-state index is 13.7. The summed E-state index contributed by atoms with van der Waals surface area (Å²) in [6.45, 7) is 14.2. The normalized spacial score (nSPS) is 19.6. The molecular formula is C40H39N3O4S. The molecule has 1 N–H and O–H groups in total. The quantitative estimate of drug-likeness (QED) is 0.146. The van der Waals surface area contributed by atoms with Crippen LogP contribution in [0.25, 0.3) is 16.5 Å². The number of unbranched alkanes of at least 4 members (excludes halogenated alkanes) is 1. The molecule has 0 spiro atoms. The molecule has 2 aliphatic heterocycles. The minimum atomic E-state index is -1.25. The van der Waals surface area contributed by atoms with Crippen LogP contribution in [0.1, 0.15) is 70.4 Å². The van der Waals surface area contributed by atoms with E-state index in [1.165, 1.54) is 23.0 Å². The number of anilines is 1. The van der Waals surface area contributed by atoms with Gasteiger partial charge in [-0.1, -0.05) is 51.2 Å². The monoisotopic (exact) mass is 657 g/mol. The van der Waals surface area contributed by atoms with Gasteiger partial charge in [0.25, 0.3) is 0 Å². The fraction of sp³-hybridized carbons (Fsp3) is 0.300. The van der Waals surface area contributed by atoms with Gasteiger partial charge in [-0.15, -0.1) is 11.3 Å². The molecule has 0 unspecified atom stereocenters. The Balaban J connectivity index is 1.37.